The number of H-pyrrole nitrogens is 1. The first-order chi connectivity index (χ1) is 9.17. The zero-order valence-corrected chi connectivity index (χ0v) is 10.8. The number of aromatic amines is 1. The van der Waals surface area contributed by atoms with Gasteiger partial charge in [0.25, 0.3) is 0 Å². The number of anilines is 1. The first-order valence-electron chi connectivity index (χ1n) is 5.91. The molecule has 2 rings (SSSR count). The number of nitrogens with zero attached hydrogens (tertiary/aromatic N) is 5. The molecule has 0 aromatic carbocycles. The van der Waals surface area contributed by atoms with Crippen LogP contribution in [0.3, 0.4) is 0 Å². The minimum Gasteiger partial charge on any atom is -0.461 e. The zero-order valence-electron chi connectivity index (χ0n) is 10.8. The highest BCUT2D eigenvalue weighted by atomic mass is 16.5. The Bertz CT molecular complexity index is 561. The number of nitrogens with one attached hydrogen (secondary N) is 1. The molecular formula is C10H15N7O2. The fourth-order valence-corrected chi connectivity index (χ4v) is 1.70. The lowest BCUT2D eigenvalue weighted by molar-refractivity contribution is 0.0521. The van der Waals surface area contributed by atoms with E-state index in [0.29, 0.717) is 24.6 Å². The minimum absolute atomic E-state index is 0.127. The molecule has 0 saturated carbocycles. The summed E-state index contributed by atoms with van der Waals surface area (Å²) in [6, 6.07) is 0. The summed E-state index contributed by atoms with van der Waals surface area (Å²) in [5.41, 5.74) is 6.07. The van der Waals surface area contributed by atoms with Gasteiger partial charge in [0.15, 0.2) is 11.5 Å². The van der Waals surface area contributed by atoms with Crippen LogP contribution >= 0.6 is 0 Å². The third kappa shape index (κ3) is 2.54. The molecule has 2 aromatic heterocycles. The average molecular weight is 265 g/mol. The van der Waals surface area contributed by atoms with Crippen molar-refractivity contribution >= 4 is 11.8 Å². The number of carbonyl (C=O) groups excluding carboxylic acids is 1. The summed E-state index contributed by atoms with van der Waals surface area (Å²) < 4.78 is 6.59. The number of esters is 1. The molecule has 102 valence electrons. The quantitative estimate of drug-likeness (QED) is 0.715. The first-order valence-corrected chi connectivity index (χ1v) is 5.91. The van der Waals surface area contributed by atoms with Crippen LogP contribution in [0.25, 0.3) is 0 Å². The second kappa shape index (κ2) is 5.46. The Balaban J connectivity index is 2.34. The Morgan fingerprint density at radius 1 is 1.47 bits per heavy atom. The van der Waals surface area contributed by atoms with E-state index >= 15 is 0 Å². The average Bonchev–Trinajstić information content (AvgIpc) is 3.00. The summed E-state index contributed by atoms with van der Waals surface area (Å²) in [4.78, 5) is 15.9. The van der Waals surface area contributed by atoms with Gasteiger partial charge in [-0.2, -0.15) is 5.21 Å². The second-order valence-corrected chi connectivity index (χ2v) is 3.75. The van der Waals surface area contributed by atoms with Crippen LogP contribution in [-0.2, 0) is 17.7 Å². The number of hydrogen-bond donors (Lipinski definition) is 2. The van der Waals surface area contributed by atoms with Gasteiger partial charge in [-0.05, 0) is 6.92 Å². The molecule has 0 atom stereocenters. The first kappa shape index (κ1) is 13.0. The molecule has 0 radical (unpaired) electrons. The lowest BCUT2D eigenvalue weighted by Crippen LogP contribution is -2.11. The topological polar surface area (TPSA) is 125 Å². The number of nitrogen functional groups attached to an aromatic ring is 1. The van der Waals surface area contributed by atoms with Crippen molar-refractivity contribution in [3.8, 4) is 0 Å². The second-order valence-electron chi connectivity index (χ2n) is 3.75. The Kier molecular flexibility index (Phi) is 3.74. The SMILES string of the molecule is CCOC(=O)c1nc(CC)n(Cc2nn[nH]n2)c1N. The van der Waals surface area contributed by atoms with Crippen molar-refractivity contribution in [3.63, 3.8) is 0 Å². The smallest absolute Gasteiger partial charge is 0.360 e. The lowest BCUT2D eigenvalue weighted by Gasteiger charge is -2.05. The van der Waals surface area contributed by atoms with Gasteiger partial charge >= 0.3 is 5.97 Å². The van der Waals surface area contributed by atoms with Crippen molar-refractivity contribution in [2.45, 2.75) is 26.8 Å². The van der Waals surface area contributed by atoms with Crippen LogP contribution in [-0.4, -0.2) is 42.8 Å². The van der Waals surface area contributed by atoms with Crippen molar-refractivity contribution in [2.24, 2.45) is 0 Å². The molecular weight excluding hydrogens is 250 g/mol. The van der Waals surface area contributed by atoms with Crippen LogP contribution in [0.2, 0.25) is 0 Å². The Labute approximate surface area is 109 Å². The Hall–Kier alpha value is -2.45. The molecule has 0 saturated heterocycles. The molecule has 0 aliphatic rings. The predicted octanol–water partition coefficient (Wildman–Crippen LogP) is -0.234. The maximum Gasteiger partial charge on any atom is 0.360 e. The number of aryl methyl sites for hydroxylation is 1. The van der Waals surface area contributed by atoms with Crippen molar-refractivity contribution in [2.75, 3.05) is 12.3 Å². The van der Waals surface area contributed by atoms with Crippen molar-refractivity contribution < 1.29 is 9.53 Å². The predicted molar refractivity (Wildman–Crippen MR) is 65.3 cm³/mol. The molecule has 0 spiro atoms. The van der Waals surface area contributed by atoms with Gasteiger partial charge < -0.3 is 15.0 Å². The van der Waals surface area contributed by atoms with E-state index in [4.69, 9.17) is 10.5 Å². The van der Waals surface area contributed by atoms with Gasteiger partial charge in [0, 0.05) is 6.42 Å². The Morgan fingerprint density at radius 2 is 2.26 bits per heavy atom. The van der Waals surface area contributed by atoms with Crippen LogP contribution in [0.4, 0.5) is 5.82 Å². The van der Waals surface area contributed by atoms with E-state index in [1.165, 1.54) is 0 Å². The van der Waals surface area contributed by atoms with E-state index in [1.807, 2.05) is 6.92 Å². The van der Waals surface area contributed by atoms with Gasteiger partial charge in [-0.25, -0.2) is 9.78 Å². The molecule has 2 heterocycles. The molecule has 9 heteroatoms. The van der Waals surface area contributed by atoms with Crippen LogP contribution in [0, 0.1) is 0 Å². The lowest BCUT2D eigenvalue weighted by atomic mass is 10.4. The van der Waals surface area contributed by atoms with Gasteiger partial charge in [-0.1, -0.05) is 12.1 Å². The normalized spacial score (nSPS) is 10.6. The molecule has 0 unspecified atom stereocenters. The maximum absolute atomic E-state index is 11.7. The van der Waals surface area contributed by atoms with E-state index in [1.54, 1.807) is 11.5 Å². The number of hydrogen-bond acceptors (Lipinski definition) is 7. The fourth-order valence-electron chi connectivity index (χ4n) is 1.70. The van der Waals surface area contributed by atoms with Crippen LogP contribution in [0.15, 0.2) is 0 Å². The van der Waals surface area contributed by atoms with E-state index in [0.717, 1.165) is 0 Å². The summed E-state index contributed by atoms with van der Waals surface area (Å²) in [5.74, 6) is 0.862. The highest BCUT2D eigenvalue weighted by molar-refractivity contribution is 5.92. The summed E-state index contributed by atoms with van der Waals surface area (Å²) in [6.45, 7) is 4.23. The summed E-state index contributed by atoms with van der Waals surface area (Å²) in [5, 5.41) is 13.5. The van der Waals surface area contributed by atoms with Gasteiger partial charge in [0.1, 0.15) is 11.6 Å². The number of tetrazole rings is 1. The Morgan fingerprint density at radius 3 is 2.84 bits per heavy atom. The third-order valence-electron chi connectivity index (χ3n) is 2.56. The minimum atomic E-state index is -0.526. The van der Waals surface area contributed by atoms with Gasteiger partial charge in [0.2, 0.25) is 0 Å². The molecule has 0 amide bonds. The standard InChI is InChI=1S/C10H15N7O2/c1-3-7-12-8(10(18)19-4-2)9(11)17(7)5-6-13-15-16-14-6/h3-5,11H2,1-2H3,(H,13,14,15,16). The molecule has 2 aromatic rings. The highest BCUT2D eigenvalue weighted by Gasteiger charge is 2.21. The number of carbonyl (C=O) groups is 1. The van der Waals surface area contributed by atoms with Gasteiger partial charge in [-0.15, -0.1) is 10.2 Å². The van der Waals surface area contributed by atoms with Crippen LogP contribution in [0.1, 0.15) is 36.0 Å². The number of ether oxygens (including phenoxy) is 1. The van der Waals surface area contributed by atoms with Crippen LogP contribution in [0.5, 0.6) is 0 Å². The monoisotopic (exact) mass is 265 g/mol. The summed E-state index contributed by atoms with van der Waals surface area (Å²) >= 11 is 0. The molecule has 0 aliphatic heterocycles. The van der Waals surface area contributed by atoms with Crippen molar-refractivity contribution in [1.29, 1.82) is 0 Å². The van der Waals surface area contributed by atoms with Gasteiger partial charge in [0.05, 0.1) is 13.2 Å². The van der Waals surface area contributed by atoms with Crippen molar-refractivity contribution in [3.05, 3.63) is 17.3 Å². The van der Waals surface area contributed by atoms with E-state index in [-0.39, 0.29) is 18.1 Å². The van der Waals surface area contributed by atoms with Gasteiger partial charge in [-0.3, -0.25) is 0 Å². The fraction of sp³-hybridized carbons (Fsp3) is 0.500. The maximum atomic E-state index is 11.7. The molecule has 0 aliphatic carbocycles. The summed E-state index contributed by atoms with van der Waals surface area (Å²) in [6.07, 6.45) is 0.626. The number of rotatable bonds is 5. The number of nitrogens with two attached hydrogens (primary N) is 1. The summed E-state index contributed by atoms with van der Waals surface area (Å²) in [7, 11) is 0. The molecule has 19 heavy (non-hydrogen) atoms. The highest BCUT2D eigenvalue weighted by Crippen LogP contribution is 2.17. The zero-order chi connectivity index (χ0) is 13.8. The van der Waals surface area contributed by atoms with E-state index in [9.17, 15) is 4.79 Å². The molecule has 0 fully saturated rings. The van der Waals surface area contributed by atoms with Crippen molar-refractivity contribution in [1.82, 2.24) is 30.2 Å². The number of aromatic nitrogens is 6. The molecule has 9 nitrogen and oxygen atoms in total. The molecule has 3 N–H and O–H groups in total. The third-order valence-corrected chi connectivity index (χ3v) is 2.56. The van der Waals surface area contributed by atoms with E-state index in [2.05, 4.69) is 25.6 Å². The van der Waals surface area contributed by atoms with Crippen LogP contribution < -0.4 is 5.73 Å². The number of imidazole rings is 1. The largest absolute Gasteiger partial charge is 0.461 e. The van der Waals surface area contributed by atoms with E-state index < -0.39 is 5.97 Å². The molecule has 0 bridgehead atoms.